The van der Waals surface area contributed by atoms with Crippen LogP contribution in [0.15, 0.2) is 18.2 Å². The predicted octanol–water partition coefficient (Wildman–Crippen LogP) is 2.08. The molecule has 2 rings (SSSR count). The third-order valence-electron chi connectivity index (χ3n) is 3.63. The van der Waals surface area contributed by atoms with Crippen LogP contribution in [0.4, 0.5) is 0 Å². The van der Waals surface area contributed by atoms with Crippen molar-refractivity contribution < 1.29 is 19.4 Å². The number of hydrogen-bond donors (Lipinski definition) is 1. The lowest BCUT2D eigenvalue weighted by atomic mass is 10.00. The lowest BCUT2D eigenvalue weighted by Crippen LogP contribution is -2.48. The summed E-state index contributed by atoms with van der Waals surface area (Å²) in [6, 6.07) is 4.61. The molecular formula is C15H19NO4. The monoisotopic (exact) mass is 277 g/mol. The fourth-order valence-corrected chi connectivity index (χ4v) is 2.58. The largest absolute Gasteiger partial charge is 0.496 e. The molecule has 1 aromatic rings. The highest BCUT2D eigenvalue weighted by atomic mass is 16.5. The van der Waals surface area contributed by atoms with Gasteiger partial charge in [0.1, 0.15) is 11.8 Å². The van der Waals surface area contributed by atoms with Gasteiger partial charge in [0.05, 0.1) is 12.7 Å². The first-order valence-electron chi connectivity index (χ1n) is 6.73. The van der Waals surface area contributed by atoms with Crippen LogP contribution in [0, 0.1) is 6.92 Å². The van der Waals surface area contributed by atoms with Crippen LogP contribution < -0.4 is 4.74 Å². The van der Waals surface area contributed by atoms with E-state index >= 15 is 0 Å². The van der Waals surface area contributed by atoms with Crippen molar-refractivity contribution in [1.29, 1.82) is 0 Å². The summed E-state index contributed by atoms with van der Waals surface area (Å²) >= 11 is 0. The molecule has 0 aromatic heterocycles. The number of carbonyl (C=O) groups excluding carboxylic acids is 1. The van der Waals surface area contributed by atoms with Crippen molar-refractivity contribution in [2.45, 2.75) is 32.2 Å². The SMILES string of the molecule is COc1ccc(C)cc1C(=O)N1CCCCC1C(=O)O. The first-order chi connectivity index (χ1) is 9.54. The van der Waals surface area contributed by atoms with Crippen molar-refractivity contribution in [3.63, 3.8) is 0 Å². The molecule has 1 unspecified atom stereocenters. The molecule has 1 aliphatic rings. The fraction of sp³-hybridized carbons (Fsp3) is 0.467. The van der Waals surface area contributed by atoms with Crippen LogP contribution in [0.2, 0.25) is 0 Å². The Kier molecular flexibility index (Phi) is 4.27. The molecule has 108 valence electrons. The van der Waals surface area contributed by atoms with Gasteiger partial charge in [-0.25, -0.2) is 4.79 Å². The Bertz CT molecular complexity index is 527. The van der Waals surface area contributed by atoms with Crippen molar-refractivity contribution in [3.05, 3.63) is 29.3 Å². The molecule has 1 aromatic carbocycles. The number of aliphatic carboxylic acids is 1. The highest BCUT2D eigenvalue weighted by Gasteiger charge is 2.33. The molecule has 1 heterocycles. The number of amides is 1. The van der Waals surface area contributed by atoms with E-state index in [4.69, 9.17) is 4.74 Å². The molecule has 1 N–H and O–H groups in total. The van der Waals surface area contributed by atoms with Crippen LogP contribution in [0.5, 0.6) is 5.75 Å². The Labute approximate surface area is 118 Å². The van der Waals surface area contributed by atoms with Gasteiger partial charge in [0.2, 0.25) is 0 Å². The van der Waals surface area contributed by atoms with Crippen molar-refractivity contribution in [2.24, 2.45) is 0 Å². The average molecular weight is 277 g/mol. The van der Waals surface area contributed by atoms with Crippen molar-refractivity contribution in [1.82, 2.24) is 4.90 Å². The molecule has 0 radical (unpaired) electrons. The highest BCUT2D eigenvalue weighted by Crippen LogP contribution is 2.25. The number of likely N-dealkylation sites (tertiary alicyclic amines) is 1. The Morgan fingerprint density at radius 1 is 1.35 bits per heavy atom. The van der Waals surface area contributed by atoms with Gasteiger partial charge in [-0.1, -0.05) is 11.6 Å². The average Bonchev–Trinajstić information content (AvgIpc) is 2.46. The van der Waals surface area contributed by atoms with E-state index in [-0.39, 0.29) is 5.91 Å². The second kappa shape index (κ2) is 5.94. The third kappa shape index (κ3) is 2.76. The summed E-state index contributed by atoms with van der Waals surface area (Å²) in [7, 11) is 1.51. The number of ether oxygens (including phenoxy) is 1. The van der Waals surface area contributed by atoms with Crippen LogP contribution >= 0.6 is 0 Å². The lowest BCUT2D eigenvalue weighted by molar-refractivity contribution is -0.143. The highest BCUT2D eigenvalue weighted by molar-refractivity contribution is 5.99. The topological polar surface area (TPSA) is 66.8 Å². The Morgan fingerprint density at radius 2 is 2.10 bits per heavy atom. The molecule has 1 amide bonds. The molecular weight excluding hydrogens is 258 g/mol. The summed E-state index contributed by atoms with van der Waals surface area (Å²) in [5.41, 5.74) is 1.37. The molecule has 0 bridgehead atoms. The summed E-state index contributed by atoms with van der Waals surface area (Å²) in [6.07, 6.45) is 2.19. The Balaban J connectivity index is 2.34. The molecule has 1 atom stereocenters. The van der Waals surface area contributed by atoms with Gasteiger partial charge >= 0.3 is 5.97 Å². The maximum atomic E-state index is 12.6. The van der Waals surface area contributed by atoms with E-state index in [0.29, 0.717) is 24.3 Å². The molecule has 1 aliphatic heterocycles. The normalized spacial score (nSPS) is 18.7. The summed E-state index contributed by atoms with van der Waals surface area (Å²) in [4.78, 5) is 25.4. The van der Waals surface area contributed by atoms with Crippen LogP contribution in [0.1, 0.15) is 35.2 Å². The summed E-state index contributed by atoms with van der Waals surface area (Å²) < 4.78 is 5.21. The number of carboxylic acids is 1. The lowest BCUT2D eigenvalue weighted by Gasteiger charge is -2.33. The van der Waals surface area contributed by atoms with Crippen molar-refractivity contribution in [2.75, 3.05) is 13.7 Å². The van der Waals surface area contributed by atoms with Gasteiger partial charge in [0.15, 0.2) is 0 Å². The number of piperidine rings is 1. The van der Waals surface area contributed by atoms with E-state index in [9.17, 15) is 14.7 Å². The van der Waals surface area contributed by atoms with E-state index < -0.39 is 12.0 Å². The van der Waals surface area contributed by atoms with Gasteiger partial charge in [0, 0.05) is 6.54 Å². The summed E-state index contributed by atoms with van der Waals surface area (Å²) in [5, 5.41) is 9.26. The van der Waals surface area contributed by atoms with Gasteiger partial charge < -0.3 is 14.7 Å². The van der Waals surface area contributed by atoms with Gasteiger partial charge in [0.25, 0.3) is 5.91 Å². The minimum absolute atomic E-state index is 0.266. The number of hydrogen-bond acceptors (Lipinski definition) is 3. The van der Waals surface area contributed by atoms with E-state index in [0.717, 1.165) is 18.4 Å². The zero-order chi connectivity index (χ0) is 14.7. The van der Waals surface area contributed by atoms with Crippen molar-refractivity contribution in [3.8, 4) is 5.75 Å². The smallest absolute Gasteiger partial charge is 0.326 e. The third-order valence-corrected chi connectivity index (χ3v) is 3.63. The van der Waals surface area contributed by atoms with Crippen LogP contribution in [0.3, 0.4) is 0 Å². The van der Waals surface area contributed by atoms with E-state index in [1.54, 1.807) is 12.1 Å². The molecule has 1 saturated heterocycles. The number of methoxy groups -OCH3 is 1. The first kappa shape index (κ1) is 14.4. The molecule has 5 nitrogen and oxygen atoms in total. The number of carbonyl (C=O) groups is 2. The minimum atomic E-state index is -0.940. The maximum absolute atomic E-state index is 12.6. The summed E-state index contributed by atoms with van der Waals surface area (Å²) in [5.74, 6) is -0.724. The quantitative estimate of drug-likeness (QED) is 0.918. The Hall–Kier alpha value is -2.04. The van der Waals surface area contributed by atoms with E-state index in [1.807, 2.05) is 13.0 Å². The van der Waals surface area contributed by atoms with Gasteiger partial charge in [-0.15, -0.1) is 0 Å². The van der Waals surface area contributed by atoms with Gasteiger partial charge in [-0.05, 0) is 38.3 Å². The van der Waals surface area contributed by atoms with E-state index in [1.165, 1.54) is 12.0 Å². The number of benzene rings is 1. The van der Waals surface area contributed by atoms with Gasteiger partial charge in [-0.3, -0.25) is 4.79 Å². The van der Waals surface area contributed by atoms with Crippen LogP contribution in [-0.2, 0) is 4.79 Å². The number of nitrogens with zero attached hydrogens (tertiary/aromatic N) is 1. The molecule has 0 spiro atoms. The van der Waals surface area contributed by atoms with Crippen LogP contribution in [-0.4, -0.2) is 41.6 Å². The minimum Gasteiger partial charge on any atom is -0.496 e. The van der Waals surface area contributed by atoms with E-state index in [2.05, 4.69) is 0 Å². The van der Waals surface area contributed by atoms with Gasteiger partial charge in [-0.2, -0.15) is 0 Å². The molecule has 0 saturated carbocycles. The molecule has 1 fully saturated rings. The zero-order valence-electron chi connectivity index (χ0n) is 11.8. The number of aryl methyl sites for hydroxylation is 1. The fourth-order valence-electron chi connectivity index (χ4n) is 2.58. The first-order valence-corrected chi connectivity index (χ1v) is 6.73. The molecule has 0 aliphatic carbocycles. The van der Waals surface area contributed by atoms with Crippen LogP contribution in [0.25, 0.3) is 0 Å². The Morgan fingerprint density at radius 3 is 2.75 bits per heavy atom. The molecule has 5 heteroatoms. The number of carboxylic acid groups (broad SMARTS) is 1. The second-order valence-electron chi connectivity index (χ2n) is 5.05. The van der Waals surface area contributed by atoms with Crippen molar-refractivity contribution >= 4 is 11.9 Å². The number of rotatable bonds is 3. The molecule has 20 heavy (non-hydrogen) atoms. The second-order valence-corrected chi connectivity index (χ2v) is 5.05. The standard InChI is InChI=1S/C15H19NO4/c1-10-6-7-13(20-2)11(9-10)14(17)16-8-4-3-5-12(16)15(18)19/h6-7,9,12H,3-5,8H2,1-2H3,(H,18,19). The summed E-state index contributed by atoms with van der Waals surface area (Å²) in [6.45, 7) is 2.37. The zero-order valence-corrected chi connectivity index (χ0v) is 11.8. The maximum Gasteiger partial charge on any atom is 0.326 e. The predicted molar refractivity (Wildman–Crippen MR) is 74.0 cm³/mol.